The molecule has 3 heterocycles. The number of thiophene rings is 2. The normalized spacial score (nSPS) is 20.5. The highest BCUT2D eigenvalue weighted by atomic mass is 32.1. The standard InChI is InChI=1S/C13H15NO2S2/c15-8-9-2-1-4-14(7-9)13(16)12-6-11-10(18-12)3-5-17-11/h3,5-6,9,15H,1-2,4,7-8H2. The third kappa shape index (κ3) is 2.18. The maximum atomic E-state index is 12.4. The van der Waals surface area contributed by atoms with Crippen molar-refractivity contribution >= 4 is 38.0 Å². The van der Waals surface area contributed by atoms with Crippen molar-refractivity contribution in [2.45, 2.75) is 12.8 Å². The molecule has 0 radical (unpaired) electrons. The Morgan fingerprint density at radius 1 is 1.50 bits per heavy atom. The van der Waals surface area contributed by atoms with Crippen molar-refractivity contribution in [1.29, 1.82) is 0 Å². The smallest absolute Gasteiger partial charge is 0.264 e. The van der Waals surface area contributed by atoms with Crippen LogP contribution in [0.4, 0.5) is 0 Å². The number of piperidine rings is 1. The number of likely N-dealkylation sites (tertiary alicyclic amines) is 1. The van der Waals surface area contributed by atoms with E-state index in [0.29, 0.717) is 6.54 Å². The van der Waals surface area contributed by atoms with E-state index in [1.807, 2.05) is 11.0 Å². The lowest BCUT2D eigenvalue weighted by Crippen LogP contribution is -2.40. The summed E-state index contributed by atoms with van der Waals surface area (Å²) in [6.45, 7) is 1.70. The number of carbonyl (C=O) groups is 1. The molecular formula is C13H15NO2S2. The van der Waals surface area contributed by atoms with Crippen molar-refractivity contribution in [1.82, 2.24) is 4.90 Å². The first-order valence-electron chi connectivity index (χ1n) is 6.15. The maximum Gasteiger partial charge on any atom is 0.264 e. The van der Waals surface area contributed by atoms with Crippen LogP contribution in [0.3, 0.4) is 0 Å². The fourth-order valence-corrected chi connectivity index (χ4v) is 4.50. The Bertz CT molecular complexity index is 532. The van der Waals surface area contributed by atoms with E-state index in [1.54, 1.807) is 22.7 Å². The van der Waals surface area contributed by atoms with Crippen LogP contribution in [0.15, 0.2) is 17.5 Å². The summed E-state index contributed by atoms with van der Waals surface area (Å²) in [5.74, 6) is 0.380. The molecule has 1 aliphatic rings. The molecule has 1 atom stereocenters. The van der Waals surface area contributed by atoms with E-state index in [2.05, 4.69) is 11.4 Å². The Balaban J connectivity index is 1.79. The van der Waals surface area contributed by atoms with Crippen LogP contribution >= 0.6 is 22.7 Å². The van der Waals surface area contributed by atoms with Crippen molar-refractivity contribution in [2.24, 2.45) is 5.92 Å². The molecule has 5 heteroatoms. The van der Waals surface area contributed by atoms with Crippen LogP contribution in [0.5, 0.6) is 0 Å². The Labute approximate surface area is 114 Å². The number of hydrogen-bond acceptors (Lipinski definition) is 4. The fourth-order valence-electron chi connectivity index (χ4n) is 2.43. The van der Waals surface area contributed by atoms with Gasteiger partial charge in [-0.3, -0.25) is 4.79 Å². The van der Waals surface area contributed by atoms with E-state index in [0.717, 1.165) is 24.3 Å². The molecule has 1 unspecified atom stereocenters. The van der Waals surface area contributed by atoms with Gasteiger partial charge < -0.3 is 10.0 Å². The van der Waals surface area contributed by atoms with E-state index >= 15 is 0 Å². The first kappa shape index (κ1) is 12.1. The van der Waals surface area contributed by atoms with Gasteiger partial charge in [-0.15, -0.1) is 22.7 Å². The summed E-state index contributed by atoms with van der Waals surface area (Å²) in [4.78, 5) is 15.1. The Kier molecular flexibility index (Phi) is 3.37. The van der Waals surface area contributed by atoms with Crippen molar-refractivity contribution in [3.8, 4) is 0 Å². The minimum absolute atomic E-state index is 0.126. The molecule has 1 saturated heterocycles. The summed E-state index contributed by atoms with van der Waals surface area (Å²) < 4.78 is 2.39. The number of nitrogens with zero attached hydrogens (tertiary/aromatic N) is 1. The average molecular weight is 281 g/mol. The molecule has 0 spiro atoms. The van der Waals surface area contributed by atoms with Crippen molar-refractivity contribution < 1.29 is 9.90 Å². The molecule has 1 N–H and O–H groups in total. The minimum Gasteiger partial charge on any atom is -0.396 e. The van der Waals surface area contributed by atoms with Gasteiger partial charge in [0, 0.05) is 29.1 Å². The maximum absolute atomic E-state index is 12.4. The molecule has 0 bridgehead atoms. The molecule has 18 heavy (non-hydrogen) atoms. The third-order valence-electron chi connectivity index (χ3n) is 3.41. The van der Waals surface area contributed by atoms with Gasteiger partial charge in [-0.05, 0) is 36.3 Å². The highest BCUT2D eigenvalue weighted by Gasteiger charge is 2.25. The fraction of sp³-hybridized carbons (Fsp3) is 0.462. The molecule has 96 valence electrons. The van der Waals surface area contributed by atoms with E-state index in [-0.39, 0.29) is 18.4 Å². The molecule has 0 aromatic carbocycles. The van der Waals surface area contributed by atoms with Gasteiger partial charge in [0.15, 0.2) is 0 Å². The SMILES string of the molecule is O=C(c1cc2sccc2s1)N1CCCC(CO)C1. The lowest BCUT2D eigenvalue weighted by molar-refractivity contribution is 0.0625. The third-order valence-corrected chi connectivity index (χ3v) is 5.50. The topological polar surface area (TPSA) is 40.5 Å². The van der Waals surface area contributed by atoms with Crippen LogP contribution in [0.25, 0.3) is 9.40 Å². The van der Waals surface area contributed by atoms with Gasteiger partial charge in [0.25, 0.3) is 5.91 Å². The number of rotatable bonds is 2. The second-order valence-corrected chi connectivity index (χ2v) is 6.73. The number of aliphatic hydroxyl groups excluding tert-OH is 1. The molecular weight excluding hydrogens is 266 g/mol. The molecule has 3 rings (SSSR count). The van der Waals surface area contributed by atoms with Gasteiger partial charge in [-0.1, -0.05) is 0 Å². The van der Waals surface area contributed by atoms with Crippen LogP contribution in [-0.4, -0.2) is 35.6 Å². The number of carbonyl (C=O) groups excluding carboxylic acids is 1. The van der Waals surface area contributed by atoms with Crippen LogP contribution in [0.2, 0.25) is 0 Å². The summed E-state index contributed by atoms with van der Waals surface area (Å²) >= 11 is 3.25. The molecule has 0 saturated carbocycles. The van der Waals surface area contributed by atoms with Gasteiger partial charge >= 0.3 is 0 Å². The predicted molar refractivity (Wildman–Crippen MR) is 75.4 cm³/mol. The molecule has 0 aliphatic carbocycles. The number of hydrogen-bond donors (Lipinski definition) is 1. The Hall–Kier alpha value is -0.910. The zero-order valence-corrected chi connectivity index (χ0v) is 11.6. The highest BCUT2D eigenvalue weighted by molar-refractivity contribution is 7.27. The molecule has 1 amide bonds. The zero-order valence-electron chi connectivity index (χ0n) is 9.96. The van der Waals surface area contributed by atoms with Crippen LogP contribution in [-0.2, 0) is 0 Å². The molecule has 2 aromatic rings. The summed E-state index contributed by atoms with van der Waals surface area (Å²) in [5, 5.41) is 11.3. The van der Waals surface area contributed by atoms with Gasteiger partial charge in [-0.2, -0.15) is 0 Å². The molecule has 3 nitrogen and oxygen atoms in total. The molecule has 1 fully saturated rings. The second kappa shape index (κ2) is 4.99. The van der Waals surface area contributed by atoms with E-state index < -0.39 is 0 Å². The van der Waals surface area contributed by atoms with Crippen molar-refractivity contribution in [3.05, 3.63) is 22.4 Å². The van der Waals surface area contributed by atoms with Crippen molar-refractivity contribution in [2.75, 3.05) is 19.7 Å². The number of aliphatic hydroxyl groups is 1. The van der Waals surface area contributed by atoms with Crippen LogP contribution in [0, 0.1) is 5.92 Å². The molecule has 1 aliphatic heterocycles. The van der Waals surface area contributed by atoms with E-state index in [4.69, 9.17) is 0 Å². The van der Waals surface area contributed by atoms with Gasteiger partial charge in [-0.25, -0.2) is 0 Å². The summed E-state index contributed by atoms with van der Waals surface area (Å²) in [7, 11) is 0. The van der Waals surface area contributed by atoms with E-state index in [1.165, 1.54) is 9.40 Å². The minimum atomic E-state index is 0.126. The summed E-state index contributed by atoms with van der Waals surface area (Å²) in [6.07, 6.45) is 2.02. The second-order valence-electron chi connectivity index (χ2n) is 4.70. The van der Waals surface area contributed by atoms with Gasteiger partial charge in [0.2, 0.25) is 0 Å². The number of amides is 1. The predicted octanol–water partition coefficient (Wildman–Crippen LogP) is 2.81. The lowest BCUT2D eigenvalue weighted by atomic mass is 9.99. The van der Waals surface area contributed by atoms with Crippen LogP contribution < -0.4 is 0 Å². The lowest BCUT2D eigenvalue weighted by Gasteiger charge is -2.31. The van der Waals surface area contributed by atoms with E-state index in [9.17, 15) is 9.90 Å². The van der Waals surface area contributed by atoms with Gasteiger partial charge in [0.05, 0.1) is 4.88 Å². The Morgan fingerprint density at radius 3 is 3.17 bits per heavy atom. The first-order chi connectivity index (χ1) is 8.78. The zero-order chi connectivity index (χ0) is 12.5. The van der Waals surface area contributed by atoms with Gasteiger partial charge in [0.1, 0.15) is 0 Å². The molecule has 2 aromatic heterocycles. The summed E-state index contributed by atoms with van der Waals surface area (Å²) in [6, 6.07) is 4.06. The largest absolute Gasteiger partial charge is 0.396 e. The summed E-state index contributed by atoms with van der Waals surface area (Å²) in [5.41, 5.74) is 0. The average Bonchev–Trinajstić information content (AvgIpc) is 2.98. The monoisotopic (exact) mass is 281 g/mol. The quantitative estimate of drug-likeness (QED) is 0.919. The first-order valence-corrected chi connectivity index (χ1v) is 7.84. The highest BCUT2D eigenvalue weighted by Crippen LogP contribution is 2.31. The van der Waals surface area contributed by atoms with Crippen LogP contribution in [0.1, 0.15) is 22.5 Å². The van der Waals surface area contributed by atoms with Crippen molar-refractivity contribution in [3.63, 3.8) is 0 Å². The number of fused-ring (bicyclic) bond motifs is 1. The Morgan fingerprint density at radius 2 is 2.39 bits per heavy atom.